The van der Waals surface area contributed by atoms with Crippen LogP contribution in [0.15, 0.2) is 41.7 Å². The molecule has 34 heavy (non-hydrogen) atoms. The number of benzene rings is 1. The lowest BCUT2D eigenvalue weighted by atomic mass is 9.98. The van der Waals surface area contributed by atoms with Gasteiger partial charge in [-0.25, -0.2) is 4.79 Å². The van der Waals surface area contributed by atoms with Crippen molar-refractivity contribution in [3.8, 4) is 0 Å². The van der Waals surface area contributed by atoms with E-state index in [0.717, 1.165) is 24.8 Å². The number of esters is 1. The summed E-state index contributed by atoms with van der Waals surface area (Å²) in [6.45, 7) is 2.82. The van der Waals surface area contributed by atoms with Crippen molar-refractivity contribution < 1.29 is 24.2 Å². The predicted molar refractivity (Wildman–Crippen MR) is 136 cm³/mol. The fourth-order valence-electron chi connectivity index (χ4n) is 4.36. The molecule has 1 aromatic carbocycles. The number of hydrogen-bond donors (Lipinski definition) is 1. The highest BCUT2D eigenvalue weighted by atomic mass is 16.6. The van der Waals surface area contributed by atoms with E-state index in [0.29, 0.717) is 13.0 Å². The topological polar surface area (TPSA) is 72.8 Å². The molecular formula is C29H44O5. The maximum atomic E-state index is 12.4. The van der Waals surface area contributed by atoms with Gasteiger partial charge in [-0.15, -0.1) is 0 Å². The first-order valence-corrected chi connectivity index (χ1v) is 13.4. The van der Waals surface area contributed by atoms with Crippen LogP contribution in [0.5, 0.6) is 0 Å². The van der Waals surface area contributed by atoms with Crippen LogP contribution in [0.1, 0.15) is 109 Å². The first-order valence-electron chi connectivity index (χ1n) is 13.4. The molecule has 0 spiro atoms. The zero-order chi connectivity index (χ0) is 24.4. The van der Waals surface area contributed by atoms with Crippen molar-refractivity contribution in [1.29, 1.82) is 0 Å². The number of cyclic esters (lactones) is 1. The molecule has 0 amide bonds. The summed E-state index contributed by atoms with van der Waals surface area (Å²) in [6, 6.07) is 9.70. The largest absolute Gasteiger partial charge is 0.511 e. The Kier molecular flexibility index (Phi) is 14.3. The van der Waals surface area contributed by atoms with Crippen LogP contribution in [0.4, 0.5) is 0 Å². The van der Waals surface area contributed by atoms with Gasteiger partial charge in [0.15, 0.2) is 5.78 Å². The highest BCUT2D eigenvalue weighted by Gasteiger charge is 2.34. The van der Waals surface area contributed by atoms with Crippen LogP contribution in [0.2, 0.25) is 0 Å². The van der Waals surface area contributed by atoms with Gasteiger partial charge in [-0.05, 0) is 12.0 Å². The Morgan fingerprint density at radius 1 is 0.882 bits per heavy atom. The van der Waals surface area contributed by atoms with E-state index < -0.39 is 12.1 Å². The molecule has 5 nitrogen and oxygen atoms in total. The van der Waals surface area contributed by atoms with E-state index >= 15 is 0 Å². The van der Waals surface area contributed by atoms with Crippen LogP contribution in [0, 0.1) is 0 Å². The first-order chi connectivity index (χ1) is 16.6. The molecule has 190 valence electrons. The first kappa shape index (κ1) is 28.1. The van der Waals surface area contributed by atoms with E-state index in [-0.39, 0.29) is 30.1 Å². The van der Waals surface area contributed by atoms with E-state index in [2.05, 4.69) is 6.92 Å². The lowest BCUT2D eigenvalue weighted by Gasteiger charge is -2.23. The summed E-state index contributed by atoms with van der Waals surface area (Å²) in [5.41, 5.74) is 0.852. The minimum Gasteiger partial charge on any atom is -0.511 e. The lowest BCUT2D eigenvalue weighted by Crippen LogP contribution is -2.36. The molecule has 2 rings (SSSR count). The van der Waals surface area contributed by atoms with Crippen LogP contribution >= 0.6 is 0 Å². The predicted octanol–water partition coefficient (Wildman–Crippen LogP) is 7.38. The number of rotatable bonds is 18. The maximum Gasteiger partial charge on any atom is 0.345 e. The lowest BCUT2D eigenvalue weighted by molar-refractivity contribution is -0.155. The van der Waals surface area contributed by atoms with Crippen molar-refractivity contribution >= 4 is 11.8 Å². The van der Waals surface area contributed by atoms with Crippen molar-refractivity contribution in [2.24, 2.45) is 0 Å². The van der Waals surface area contributed by atoms with Crippen LogP contribution in [-0.4, -0.2) is 29.6 Å². The third kappa shape index (κ3) is 11.3. The van der Waals surface area contributed by atoms with E-state index in [9.17, 15) is 14.7 Å². The molecule has 1 fully saturated rings. The summed E-state index contributed by atoms with van der Waals surface area (Å²) in [4.78, 5) is 24.8. The van der Waals surface area contributed by atoms with Gasteiger partial charge in [-0.3, -0.25) is 4.79 Å². The molecule has 0 aromatic heterocycles. The number of aliphatic hydroxyl groups is 1. The van der Waals surface area contributed by atoms with Gasteiger partial charge in [0.25, 0.3) is 0 Å². The van der Waals surface area contributed by atoms with Crippen molar-refractivity contribution in [3.63, 3.8) is 0 Å². The zero-order valence-corrected chi connectivity index (χ0v) is 21.1. The SMILES string of the molecule is CCCCCCCCCCCCCCC/C(O)=C1\C(=O)CC(COCc2ccccc2)OC1=O. The smallest absolute Gasteiger partial charge is 0.345 e. The van der Waals surface area contributed by atoms with Gasteiger partial charge in [0.2, 0.25) is 0 Å². The molecule has 1 atom stereocenters. The van der Waals surface area contributed by atoms with Gasteiger partial charge in [0.1, 0.15) is 17.4 Å². The van der Waals surface area contributed by atoms with Gasteiger partial charge in [-0.1, -0.05) is 114 Å². The second-order valence-electron chi connectivity index (χ2n) is 9.47. The minimum absolute atomic E-state index is 0.0541. The summed E-state index contributed by atoms with van der Waals surface area (Å²) in [5, 5.41) is 10.3. The van der Waals surface area contributed by atoms with Crippen LogP contribution in [-0.2, 0) is 25.7 Å². The van der Waals surface area contributed by atoms with Crippen molar-refractivity contribution in [2.45, 2.75) is 116 Å². The number of aliphatic hydroxyl groups excluding tert-OH is 1. The molecule has 1 N–H and O–H groups in total. The number of ether oxygens (including phenoxy) is 2. The normalized spacial score (nSPS) is 17.6. The summed E-state index contributed by atoms with van der Waals surface area (Å²) >= 11 is 0. The van der Waals surface area contributed by atoms with Crippen LogP contribution in [0.25, 0.3) is 0 Å². The Balaban J connectivity index is 1.54. The summed E-state index contributed by atoms with van der Waals surface area (Å²) in [6.07, 6.45) is 16.0. The average Bonchev–Trinajstić information content (AvgIpc) is 2.82. The van der Waals surface area contributed by atoms with E-state index in [1.165, 1.54) is 64.2 Å². The Morgan fingerprint density at radius 2 is 1.44 bits per heavy atom. The molecular weight excluding hydrogens is 428 g/mol. The molecule has 1 saturated heterocycles. The molecule has 0 aliphatic carbocycles. The average molecular weight is 473 g/mol. The molecule has 1 aromatic rings. The molecule has 1 unspecified atom stereocenters. The molecule has 1 aliphatic rings. The van der Waals surface area contributed by atoms with E-state index in [1.807, 2.05) is 30.3 Å². The van der Waals surface area contributed by atoms with Crippen LogP contribution < -0.4 is 0 Å². The number of hydrogen-bond acceptors (Lipinski definition) is 5. The van der Waals surface area contributed by atoms with Gasteiger partial charge >= 0.3 is 5.97 Å². The number of carbonyl (C=O) groups excluding carboxylic acids is 2. The monoisotopic (exact) mass is 472 g/mol. The molecule has 0 radical (unpaired) electrons. The highest BCUT2D eigenvalue weighted by Crippen LogP contribution is 2.22. The number of Topliss-reactive ketones (excluding diaryl/α,β-unsaturated/α-hetero) is 1. The van der Waals surface area contributed by atoms with Crippen molar-refractivity contribution in [1.82, 2.24) is 0 Å². The van der Waals surface area contributed by atoms with Crippen molar-refractivity contribution in [2.75, 3.05) is 6.61 Å². The Bertz CT molecular complexity index is 720. The summed E-state index contributed by atoms with van der Waals surface area (Å²) in [5.74, 6) is -1.20. The quantitative estimate of drug-likeness (QED) is 0.0793. The minimum atomic E-state index is -0.725. The summed E-state index contributed by atoms with van der Waals surface area (Å²) in [7, 11) is 0. The van der Waals surface area contributed by atoms with Gasteiger partial charge < -0.3 is 14.6 Å². The second-order valence-corrected chi connectivity index (χ2v) is 9.47. The van der Waals surface area contributed by atoms with Gasteiger partial charge in [0, 0.05) is 6.42 Å². The van der Waals surface area contributed by atoms with E-state index in [1.54, 1.807) is 0 Å². The standard InChI is InChI=1S/C29H44O5/c1-2-3-4-5-6-7-8-9-10-11-12-13-17-20-26(30)28-27(31)21-25(34-29(28)32)23-33-22-24-18-15-14-16-19-24/h14-16,18-19,25,30H,2-13,17,20-23H2,1H3/b28-26-. The number of unbranched alkanes of at least 4 members (excludes halogenated alkanes) is 12. The number of carbonyl (C=O) groups is 2. The molecule has 5 heteroatoms. The fraction of sp³-hybridized carbons (Fsp3) is 0.655. The molecule has 0 bridgehead atoms. The Hall–Kier alpha value is -2.14. The maximum absolute atomic E-state index is 12.4. The van der Waals surface area contributed by atoms with Gasteiger partial charge in [0.05, 0.1) is 19.6 Å². The summed E-state index contributed by atoms with van der Waals surface area (Å²) < 4.78 is 10.9. The van der Waals surface area contributed by atoms with Crippen LogP contribution in [0.3, 0.4) is 0 Å². The Morgan fingerprint density at radius 3 is 2.00 bits per heavy atom. The van der Waals surface area contributed by atoms with Gasteiger partial charge in [-0.2, -0.15) is 0 Å². The molecule has 1 aliphatic heterocycles. The fourth-order valence-corrected chi connectivity index (χ4v) is 4.36. The Labute approximate surface area is 205 Å². The molecule has 1 heterocycles. The number of allylic oxidation sites excluding steroid dienone is 1. The highest BCUT2D eigenvalue weighted by molar-refractivity contribution is 6.19. The second kappa shape index (κ2) is 17.3. The number of ketones is 1. The van der Waals surface area contributed by atoms with E-state index in [4.69, 9.17) is 9.47 Å². The zero-order valence-electron chi connectivity index (χ0n) is 21.1. The third-order valence-corrected chi connectivity index (χ3v) is 6.39. The van der Waals surface area contributed by atoms with Crippen molar-refractivity contribution in [3.05, 3.63) is 47.2 Å². The molecule has 0 saturated carbocycles. The third-order valence-electron chi connectivity index (χ3n) is 6.39.